The van der Waals surface area contributed by atoms with E-state index in [1.807, 2.05) is 0 Å². The van der Waals surface area contributed by atoms with Gasteiger partial charge in [0.15, 0.2) is 0 Å². The molecule has 1 aromatic rings. The van der Waals surface area contributed by atoms with Crippen molar-refractivity contribution in [1.29, 1.82) is 0 Å². The summed E-state index contributed by atoms with van der Waals surface area (Å²) >= 11 is 0. The molecule has 0 radical (unpaired) electrons. The van der Waals surface area contributed by atoms with Crippen LogP contribution in [0.3, 0.4) is 0 Å². The van der Waals surface area contributed by atoms with E-state index in [0.717, 1.165) is 12.8 Å². The van der Waals surface area contributed by atoms with Gasteiger partial charge in [0.25, 0.3) is 0 Å². The summed E-state index contributed by atoms with van der Waals surface area (Å²) in [5.74, 6) is -0.924. The third kappa shape index (κ3) is 3.71. The van der Waals surface area contributed by atoms with E-state index < -0.39 is 5.97 Å². The lowest BCUT2D eigenvalue weighted by Crippen LogP contribution is -2.47. The third-order valence-corrected chi connectivity index (χ3v) is 3.35. The average molecular weight is 277 g/mol. The number of rotatable bonds is 3. The lowest BCUT2D eigenvalue weighted by molar-refractivity contribution is -0.136. The van der Waals surface area contributed by atoms with Crippen molar-refractivity contribution in [3.8, 4) is 0 Å². The van der Waals surface area contributed by atoms with Gasteiger partial charge in [-0.1, -0.05) is 18.2 Å². The summed E-state index contributed by atoms with van der Waals surface area (Å²) in [7, 11) is 0. The van der Waals surface area contributed by atoms with E-state index in [-0.39, 0.29) is 18.5 Å². The van der Waals surface area contributed by atoms with Crippen LogP contribution >= 0.6 is 0 Å². The second kappa shape index (κ2) is 6.38. The fourth-order valence-corrected chi connectivity index (χ4v) is 2.35. The maximum atomic E-state index is 12.2. The highest BCUT2D eigenvalue weighted by Gasteiger charge is 2.21. The zero-order valence-electron chi connectivity index (χ0n) is 11.2. The molecule has 2 rings (SSSR count). The summed E-state index contributed by atoms with van der Waals surface area (Å²) in [5.41, 5.74) is 6.99. The van der Waals surface area contributed by atoms with Gasteiger partial charge in [-0.05, 0) is 24.5 Å². The van der Waals surface area contributed by atoms with Crippen molar-refractivity contribution in [3.63, 3.8) is 0 Å². The summed E-state index contributed by atoms with van der Waals surface area (Å²) in [4.78, 5) is 24.6. The molecule has 0 spiro atoms. The van der Waals surface area contributed by atoms with Crippen molar-refractivity contribution >= 4 is 17.7 Å². The molecular formula is C14H19N3O3. The van der Waals surface area contributed by atoms with Gasteiger partial charge in [0, 0.05) is 24.8 Å². The number of carbonyl (C=O) groups is 2. The van der Waals surface area contributed by atoms with E-state index in [4.69, 9.17) is 10.8 Å². The van der Waals surface area contributed by atoms with Crippen LogP contribution in [0.5, 0.6) is 0 Å². The van der Waals surface area contributed by atoms with Crippen LogP contribution in [0.15, 0.2) is 24.3 Å². The van der Waals surface area contributed by atoms with Gasteiger partial charge in [-0.25, -0.2) is 4.79 Å². The first-order chi connectivity index (χ1) is 9.56. The second-order valence-electron chi connectivity index (χ2n) is 5.01. The molecule has 1 fully saturated rings. The topological polar surface area (TPSA) is 95.7 Å². The Balaban J connectivity index is 2.05. The molecule has 1 aliphatic heterocycles. The van der Waals surface area contributed by atoms with Crippen LogP contribution < -0.4 is 11.1 Å². The van der Waals surface area contributed by atoms with E-state index in [9.17, 15) is 9.59 Å². The Hall–Kier alpha value is -2.08. The molecule has 1 aromatic carbocycles. The maximum Gasteiger partial charge on any atom is 0.321 e. The number of amides is 2. The maximum absolute atomic E-state index is 12.2. The third-order valence-electron chi connectivity index (χ3n) is 3.35. The number of hydrogen-bond acceptors (Lipinski definition) is 3. The molecule has 0 aromatic heterocycles. The van der Waals surface area contributed by atoms with Gasteiger partial charge in [0.2, 0.25) is 0 Å². The lowest BCUT2D eigenvalue weighted by atomic mass is 10.1. The van der Waals surface area contributed by atoms with E-state index >= 15 is 0 Å². The molecule has 6 nitrogen and oxygen atoms in total. The number of aliphatic carboxylic acids is 1. The van der Waals surface area contributed by atoms with Crippen molar-refractivity contribution < 1.29 is 14.7 Å². The van der Waals surface area contributed by atoms with Crippen LogP contribution in [-0.4, -0.2) is 41.1 Å². The predicted octanol–water partition coefficient (Wildman–Crippen LogP) is 1.27. The molecule has 2 amide bonds. The number of anilines is 1. The minimum atomic E-state index is -0.924. The summed E-state index contributed by atoms with van der Waals surface area (Å²) in [6.07, 6.45) is 1.71. The molecular weight excluding hydrogens is 258 g/mol. The number of nitrogens with two attached hydrogens (primary N) is 1. The van der Waals surface area contributed by atoms with E-state index in [1.54, 1.807) is 29.2 Å². The van der Waals surface area contributed by atoms with E-state index in [1.165, 1.54) is 0 Å². The van der Waals surface area contributed by atoms with Crippen LogP contribution in [0.25, 0.3) is 0 Å². The average Bonchev–Trinajstić information content (AvgIpc) is 2.40. The highest BCUT2D eigenvalue weighted by Crippen LogP contribution is 2.17. The number of nitrogens with zero attached hydrogens (tertiary/aromatic N) is 1. The number of para-hydroxylation sites is 1. The van der Waals surface area contributed by atoms with E-state index in [0.29, 0.717) is 24.3 Å². The highest BCUT2D eigenvalue weighted by atomic mass is 16.4. The quantitative estimate of drug-likeness (QED) is 0.775. The Morgan fingerprint density at radius 1 is 1.40 bits per heavy atom. The SMILES string of the molecule is NC1CCCN(C(=O)Nc2ccccc2CC(=O)O)C1. The number of carboxylic acid groups (broad SMARTS) is 1. The molecule has 1 saturated heterocycles. The van der Waals surface area contributed by atoms with Crippen molar-refractivity contribution in [2.75, 3.05) is 18.4 Å². The minimum absolute atomic E-state index is 0.0174. The summed E-state index contributed by atoms with van der Waals surface area (Å²) < 4.78 is 0. The minimum Gasteiger partial charge on any atom is -0.481 e. The smallest absolute Gasteiger partial charge is 0.321 e. The molecule has 1 heterocycles. The lowest BCUT2D eigenvalue weighted by Gasteiger charge is -2.31. The van der Waals surface area contributed by atoms with E-state index in [2.05, 4.69) is 5.32 Å². The van der Waals surface area contributed by atoms with Gasteiger partial charge in [-0.3, -0.25) is 4.79 Å². The van der Waals surface area contributed by atoms with Gasteiger partial charge in [-0.15, -0.1) is 0 Å². The van der Waals surface area contributed by atoms with Crippen molar-refractivity contribution in [2.45, 2.75) is 25.3 Å². The van der Waals surface area contributed by atoms with Gasteiger partial charge >= 0.3 is 12.0 Å². The molecule has 1 unspecified atom stereocenters. The number of nitrogens with one attached hydrogen (secondary N) is 1. The normalized spacial score (nSPS) is 18.6. The molecule has 0 saturated carbocycles. The predicted molar refractivity (Wildman–Crippen MR) is 75.6 cm³/mol. The zero-order valence-corrected chi connectivity index (χ0v) is 11.2. The Morgan fingerprint density at radius 3 is 2.85 bits per heavy atom. The Labute approximate surface area is 117 Å². The van der Waals surface area contributed by atoms with Gasteiger partial charge < -0.3 is 21.1 Å². The summed E-state index contributed by atoms with van der Waals surface area (Å²) in [6.45, 7) is 1.22. The first kappa shape index (κ1) is 14.3. The largest absolute Gasteiger partial charge is 0.481 e. The standard InChI is InChI=1S/C14H19N3O3/c15-11-5-3-7-17(9-11)14(20)16-12-6-2-1-4-10(12)8-13(18)19/h1-2,4,6,11H,3,5,7-9,15H2,(H,16,20)(H,18,19). The molecule has 1 atom stereocenters. The fourth-order valence-electron chi connectivity index (χ4n) is 2.35. The zero-order chi connectivity index (χ0) is 14.5. The highest BCUT2D eigenvalue weighted by molar-refractivity contribution is 5.91. The number of likely N-dealkylation sites (tertiary alicyclic amines) is 1. The molecule has 0 aliphatic carbocycles. The van der Waals surface area contributed by atoms with Gasteiger partial charge in [-0.2, -0.15) is 0 Å². The first-order valence-electron chi connectivity index (χ1n) is 6.67. The molecule has 20 heavy (non-hydrogen) atoms. The summed E-state index contributed by atoms with van der Waals surface area (Å²) in [5, 5.41) is 11.6. The number of urea groups is 1. The second-order valence-corrected chi connectivity index (χ2v) is 5.01. The molecule has 1 aliphatic rings. The van der Waals surface area contributed by atoms with Crippen molar-refractivity contribution in [1.82, 2.24) is 4.90 Å². The molecule has 4 N–H and O–H groups in total. The number of piperidine rings is 1. The number of carbonyl (C=O) groups excluding carboxylic acids is 1. The van der Waals surface area contributed by atoms with Crippen molar-refractivity contribution in [3.05, 3.63) is 29.8 Å². The molecule has 6 heteroatoms. The fraction of sp³-hybridized carbons (Fsp3) is 0.429. The van der Waals surface area contributed by atoms with Gasteiger partial charge in [0.05, 0.1) is 6.42 Å². The number of hydrogen-bond donors (Lipinski definition) is 3. The van der Waals surface area contributed by atoms with Crippen LogP contribution in [0.2, 0.25) is 0 Å². The van der Waals surface area contributed by atoms with Crippen LogP contribution in [0.1, 0.15) is 18.4 Å². The Kier molecular flexibility index (Phi) is 4.57. The van der Waals surface area contributed by atoms with Crippen molar-refractivity contribution in [2.24, 2.45) is 5.73 Å². The summed E-state index contributed by atoms with van der Waals surface area (Å²) in [6, 6.07) is 6.72. The molecule has 108 valence electrons. The van der Waals surface area contributed by atoms with Gasteiger partial charge in [0.1, 0.15) is 0 Å². The number of benzene rings is 1. The first-order valence-corrected chi connectivity index (χ1v) is 6.67. The van der Waals surface area contributed by atoms with Crippen LogP contribution in [-0.2, 0) is 11.2 Å². The van der Waals surface area contributed by atoms with Crippen LogP contribution in [0.4, 0.5) is 10.5 Å². The molecule has 0 bridgehead atoms. The van der Waals surface area contributed by atoms with Crippen LogP contribution in [0, 0.1) is 0 Å². The Bertz CT molecular complexity index is 504. The monoisotopic (exact) mass is 277 g/mol. The number of carboxylic acids is 1. The Morgan fingerprint density at radius 2 is 2.15 bits per heavy atom.